The Morgan fingerprint density at radius 2 is 2.21 bits per heavy atom. The smallest absolute Gasteiger partial charge is 0.224 e. The van der Waals surface area contributed by atoms with Crippen LogP contribution in [0.3, 0.4) is 0 Å². The van der Waals surface area contributed by atoms with Crippen molar-refractivity contribution in [2.75, 3.05) is 5.32 Å². The summed E-state index contributed by atoms with van der Waals surface area (Å²) in [5.41, 5.74) is 2.37. The third-order valence-electron chi connectivity index (χ3n) is 2.71. The van der Waals surface area contributed by atoms with E-state index in [-0.39, 0.29) is 11.1 Å². The maximum absolute atomic E-state index is 11.7. The molecular weight excluding hydrogens is 262 g/mol. The van der Waals surface area contributed by atoms with Crippen molar-refractivity contribution < 1.29 is 4.79 Å². The maximum atomic E-state index is 11.7. The average Bonchev–Trinajstić information content (AvgIpc) is 2.42. The van der Waals surface area contributed by atoms with E-state index in [2.05, 4.69) is 15.3 Å². The number of benzene rings is 1. The predicted octanol–water partition coefficient (Wildman–Crippen LogP) is 3.77. The van der Waals surface area contributed by atoms with Gasteiger partial charge < -0.3 is 5.32 Å². The van der Waals surface area contributed by atoms with Gasteiger partial charge in [-0.05, 0) is 30.7 Å². The maximum Gasteiger partial charge on any atom is 0.224 e. The van der Waals surface area contributed by atoms with Gasteiger partial charge in [0.1, 0.15) is 5.82 Å². The van der Waals surface area contributed by atoms with E-state index in [1.807, 2.05) is 26.0 Å². The number of carbonyl (C=O) groups is 1. The largest absolute Gasteiger partial charge is 0.340 e. The van der Waals surface area contributed by atoms with Crippen molar-refractivity contribution in [3.63, 3.8) is 0 Å². The van der Waals surface area contributed by atoms with E-state index in [9.17, 15) is 4.79 Å². The number of nitrogens with zero attached hydrogens (tertiary/aromatic N) is 2. The summed E-state index contributed by atoms with van der Waals surface area (Å²) in [6, 6.07) is 7.32. The Hall–Kier alpha value is -1.94. The topological polar surface area (TPSA) is 54.9 Å². The molecule has 4 nitrogen and oxygen atoms in total. The van der Waals surface area contributed by atoms with Crippen molar-refractivity contribution in [2.24, 2.45) is 0 Å². The fraction of sp³-hybridized carbons (Fsp3) is 0.214. The number of anilines is 2. The number of ketones is 1. The average molecular weight is 276 g/mol. The summed E-state index contributed by atoms with van der Waals surface area (Å²) in [6.07, 6.45) is 2.14. The van der Waals surface area contributed by atoms with Gasteiger partial charge in [-0.1, -0.05) is 19.1 Å². The molecule has 0 spiro atoms. The van der Waals surface area contributed by atoms with Gasteiger partial charge in [0.25, 0.3) is 0 Å². The molecule has 0 saturated carbocycles. The van der Waals surface area contributed by atoms with Crippen molar-refractivity contribution in [3.05, 3.63) is 46.9 Å². The first-order valence-corrected chi connectivity index (χ1v) is 6.37. The molecule has 0 aliphatic heterocycles. The second-order valence-electron chi connectivity index (χ2n) is 4.15. The van der Waals surface area contributed by atoms with Gasteiger partial charge in [0, 0.05) is 29.4 Å². The van der Waals surface area contributed by atoms with E-state index < -0.39 is 0 Å². The minimum atomic E-state index is 0.112. The molecule has 1 aromatic heterocycles. The second-order valence-corrected chi connectivity index (χ2v) is 4.49. The summed E-state index contributed by atoms with van der Waals surface area (Å²) < 4.78 is 0. The number of hydrogen-bond acceptors (Lipinski definition) is 4. The summed E-state index contributed by atoms with van der Waals surface area (Å²) in [5.74, 6) is 0.752. The van der Waals surface area contributed by atoms with Crippen LogP contribution < -0.4 is 5.32 Å². The van der Waals surface area contributed by atoms with Gasteiger partial charge in [-0.25, -0.2) is 9.97 Å². The van der Waals surface area contributed by atoms with Crippen LogP contribution in [0.15, 0.2) is 30.5 Å². The lowest BCUT2D eigenvalue weighted by Gasteiger charge is -2.09. The fourth-order valence-corrected chi connectivity index (χ4v) is 1.79. The molecule has 5 heteroatoms. The lowest BCUT2D eigenvalue weighted by atomic mass is 10.1. The molecule has 0 amide bonds. The minimum Gasteiger partial charge on any atom is -0.340 e. The summed E-state index contributed by atoms with van der Waals surface area (Å²) >= 11 is 5.77. The van der Waals surface area contributed by atoms with Crippen LogP contribution in [0.4, 0.5) is 11.5 Å². The summed E-state index contributed by atoms with van der Waals surface area (Å²) in [5, 5.41) is 3.33. The summed E-state index contributed by atoms with van der Waals surface area (Å²) in [4.78, 5) is 19.7. The summed E-state index contributed by atoms with van der Waals surface area (Å²) in [6.45, 7) is 3.73. The van der Waals surface area contributed by atoms with E-state index in [4.69, 9.17) is 11.6 Å². The highest BCUT2D eigenvalue weighted by molar-refractivity contribution is 6.28. The molecule has 0 unspecified atom stereocenters. The highest BCUT2D eigenvalue weighted by Crippen LogP contribution is 2.20. The molecule has 2 aromatic rings. The Morgan fingerprint density at radius 1 is 1.42 bits per heavy atom. The number of aromatic nitrogens is 2. The first-order chi connectivity index (χ1) is 9.10. The number of halogens is 1. The van der Waals surface area contributed by atoms with Gasteiger partial charge in [0.2, 0.25) is 5.28 Å². The first kappa shape index (κ1) is 13.5. The molecule has 0 radical (unpaired) electrons. The first-order valence-electron chi connectivity index (χ1n) is 5.99. The minimum absolute atomic E-state index is 0.112. The number of carbonyl (C=O) groups excluding carboxylic acids is 1. The van der Waals surface area contributed by atoms with Crippen molar-refractivity contribution >= 4 is 28.9 Å². The van der Waals surface area contributed by atoms with Gasteiger partial charge in [-0.2, -0.15) is 0 Å². The van der Waals surface area contributed by atoms with Crippen LogP contribution in [0.5, 0.6) is 0 Å². The molecule has 0 bridgehead atoms. The Kier molecular flexibility index (Phi) is 4.12. The number of rotatable bonds is 4. The zero-order valence-corrected chi connectivity index (χ0v) is 11.5. The molecule has 0 aliphatic rings. The lowest BCUT2D eigenvalue weighted by Crippen LogP contribution is -2.01. The third-order valence-corrected chi connectivity index (χ3v) is 2.89. The molecule has 1 aromatic carbocycles. The normalized spacial score (nSPS) is 10.3. The Morgan fingerprint density at radius 3 is 2.95 bits per heavy atom. The van der Waals surface area contributed by atoms with Crippen LogP contribution in [-0.2, 0) is 0 Å². The van der Waals surface area contributed by atoms with E-state index in [1.54, 1.807) is 18.3 Å². The van der Waals surface area contributed by atoms with Gasteiger partial charge >= 0.3 is 0 Å². The molecule has 1 heterocycles. The fourth-order valence-electron chi connectivity index (χ4n) is 1.66. The van der Waals surface area contributed by atoms with E-state index in [0.717, 1.165) is 11.3 Å². The molecule has 98 valence electrons. The molecular formula is C14H14ClN3O. The monoisotopic (exact) mass is 275 g/mol. The molecule has 19 heavy (non-hydrogen) atoms. The van der Waals surface area contributed by atoms with Crippen LogP contribution in [0.25, 0.3) is 0 Å². The Bertz CT molecular complexity index is 613. The zero-order chi connectivity index (χ0) is 13.8. The van der Waals surface area contributed by atoms with Crippen LogP contribution in [0.1, 0.15) is 29.3 Å². The third kappa shape index (κ3) is 3.29. The van der Waals surface area contributed by atoms with Gasteiger partial charge in [-0.3, -0.25) is 4.79 Å². The standard InChI is InChI=1S/C14H14ClN3O/c1-3-12(19)10-5-4-6-11(7-10)17-13-9(2)8-16-14(15)18-13/h4-8H,3H2,1-2H3,(H,16,17,18). The highest BCUT2D eigenvalue weighted by atomic mass is 35.5. The predicted molar refractivity (Wildman–Crippen MR) is 76.1 cm³/mol. The second kappa shape index (κ2) is 5.80. The van der Waals surface area contributed by atoms with E-state index >= 15 is 0 Å². The molecule has 2 rings (SSSR count). The van der Waals surface area contributed by atoms with E-state index in [1.165, 1.54) is 0 Å². The number of aryl methyl sites for hydroxylation is 1. The zero-order valence-electron chi connectivity index (χ0n) is 10.8. The molecule has 1 N–H and O–H groups in total. The SMILES string of the molecule is CCC(=O)c1cccc(Nc2nc(Cl)ncc2C)c1. The Balaban J connectivity index is 2.28. The van der Waals surface area contributed by atoms with E-state index in [0.29, 0.717) is 17.8 Å². The number of nitrogens with one attached hydrogen (secondary N) is 1. The van der Waals surface area contributed by atoms with Crippen LogP contribution in [0, 0.1) is 6.92 Å². The molecule has 0 aliphatic carbocycles. The number of Topliss-reactive ketones (excluding diaryl/α,β-unsaturated/α-hetero) is 1. The van der Waals surface area contributed by atoms with Crippen LogP contribution >= 0.6 is 11.6 Å². The van der Waals surface area contributed by atoms with Crippen molar-refractivity contribution in [3.8, 4) is 0 Å². The van der Waals surface area contributed by atoms with Crippen molar-refractivity contribution in [2.45, 2.75) is 20.3 Å². The highest BCUT2D eigenvalue weighted by Gasteiger charge is 2.06. The van der Waals surface area contributed by atoms with Crippen molar-refractivity contribution in [1.82, 2.24) is 9.97 Å². The van der Waals surface area contributed by atoms with Crippen LogP contribution in [-0.4, -0.2) is 15.8 Å². The number of hydrogen-bond donors (Lipinski definition) is 1. The Labute approximate surface area is 116 Å². The molecule has 0 saturated heterocycles. The molecule has 0 atom stereocenters. The van der Waals surface area contributed by atoms with Crippen LogP contribution in [0.2, 0.25) is 5.28 Å². The quantitative estimate of drug-likeness (QED) is 0.682. The van der Waals surface area contributed by atoms with Gasteiger partial charge in [0.05, 0.1) is 0 Å². The molecule has 0 fully saturated rings. The summed E-state index contributed by atoms with van der Waals surface area (Å²) in [7, 11) is 0. The lowest BCUT2D eigenvalue weighted by molar-refractivity contribution is 0.0988. The van der Waals surface area contributed by atoms with Crippen molar-refractivity contribution in [1.29, 1.82) is 0 Å². The van der Waals surface area contributed by atoms with Gasteiger partial charge in [-0.15, -0.1) is 0 Å². The van der Waals surface area contributed by atoms with Gasteiger partial charge in [0.15, 0.2) is 5.78 Å².